The number of ether oxygens (including phenoxy) is 1. The molecule has 3 nitrogen and oxygen atoms in total. The van der Waals surface area contributed by atoms with Crippen molar-refractivity contribution in [1.82, 2.24) is 5.32 Å². The molecule has 1 atom stereocenters. The lowest BCUT2D eigenvalue weighted by Crippen LogP contribution is -2.50. The van der Waals surface area contributed by atoms with Gasteiger partial charge in [-0.2, -0.15) is 0 Å². The van der Waals surface area contributed by atoms with Crippen molar-refractivity contribution in [2.75, 3.05) is 19.8 Å². The highest BCUT2D eigenvalue weighted by atomic mass is 16.5. The Balaban J connectivity index is 1.66. The molecule has 1 saturated heterocycles. The van der Waals surface area contributed by atoms with E-state index in [-0.39, 0.29) is 0 Å². The molecule has 2 N–H and O–H groups in total. The van der Waals surface area contributed by atoms with Gasteiger partial charge in [0.25, 0.3) is 0 Å². The van der Waals surface area contributed by atoms with Gasteiger partial charge in [0, 0.05) is 19.2 Å². The minimum Gasteiger partial charge on any atom is -0.389 e. The monoisotopic (exact) mass is 185 g/mol. The summed E-state index contributed by atoms with van der Waals surface area (Å²) in [6.45, 7) is 2.47. The fourth-order valence-electron chi connectivity index (χ4n) is 2.00. The van der Waals surface area contributed by atoms with Crippen molar-refractivity contribution in [3.8, 4) is 0 Å². The first-order valence-corrected chi connectivity index (χ1v) is 5.32. The third-order valence-corrected chi connectivity index (χ3v) is 3.16. The zero-order valence-corrected chi connectivity index (χ0v) is 8.09. The molecule has 0 aromatic heterocycles. The Morgan fingerprint density at radius 2 is 2.23 bits per heavy atom. The minimum absolute atomic E-state index is 0.391. The van der Waals surface area contributed by atoms with Crippen molar-refractivity contribution in [3.63, 3.8) is 0 Å². The van der Waals surface area contributed by atoms with Gasteiger partial charge >= 0.3 is 0 Å². The van der Waals surface area contributed by atoms with Gasteiger partial charge < -0.3 is 15.2 Å². The van der Waals surface area contributed by atoms with Gasteiger partial charge in [-0.1, -0.05) is 0 Å². The summed E-state index contributed by atoms with van der Waals surface area (Å²) in [5, 5.41) is 13.2. The molecule has 0 spiro atoms. The third kappa shape index (κ3) is 2.42. The smallest absolute Gasteiger partial charge is 0.0771 e. The normalized spacial score (nSPS) is 32.5. The van der Waals surface area contributed by atoms with Crippen molar-refractivity contribution in [3.05, 3.63) is 0 Å². The molecule has 1 aliphatic heterocycles. The quantitative estimate of drug-likeness (QED) is 0.679. The molecule has 2 fully saturated rings. The number of hydrogen-bond acceptors (Lipinski definition) is 3. The summed E-state index contributed by atoms with van der Waals surface area (Å²) < 4.78 is 5.35. The topological polar surface area (TPSA) is 41.5 Å². The van der Waals surface area contributed by atoms with Gasteiger partial charge in [0.05, 0.1) is 12.2 Å². The Morgan fingerprint density at radius 3 is 2.77 bits per heavy atom. The highest BCUT2D eigenvalue weighted by Crippen LogP contribution is 2.30. The first-order valence-electron chi connectivity index (χ1n) is 5.32. The molecular weight excluding hydrogens is 166 g/mol. The van der Waals surface area contributed by atoms with Crippen LogP contribution in [0.2, 0.25) is 0 Å². The standard InChI is InChI=1S/C10H19NO2/c12-10(4-2-5-10)8-11-9-3-1-6-13-7-9/h9,11-12H,1-8H2. The maximum Gasteiger partial charge on any atom is 0.0771 e. The highest BCUT2D eigenvalue weighted by molar-refractivity contribution is 4.90. The fraction of sp³-hybridized carbons (Fsp3) is 1.00. The van der Waals surface area contributed by atoms with Crippen LogP contribution in [0.3, 0.4) is 0 Å². The molecule has 1 unspecified atom stereocenters. The van der Waals surface area contributed by atoms with Crippen LogP contribution in [-0.4, -0.2) is 36.5 Å². The molecular formula is C10H19NO2. The Morgan fingerprint density at radius 1 is 1.38 bits per heavy atom. The lowest BCUT2D eigenvalue weighted by Gasteiger charge is -2.38. The van der Waals surface area contributed by atoms with Crippen LogP contribution in [0.1, 0.15) is 32.1 Å². The first kappa shape index (κ1) is 9.44. The fourth-order valence-corrected chi connectivity index (χ4v) is 2.00. The van der Waals surface area contributed by atoms with Crippen molar-refractivity contribution in [2.24, 2.45) is 0 Å². The SMILES string of the molecule is OC1(CNC2CCCOC2)CCC1. The van der Waals surface area contributed by atoms with Crippen LogP contribution in [0.25, 0.3) is 0 Å². The van der Waals surface area contributed by atoms with E-state index in [1.54, 1.807) is 0 Å². The van der Waals surface area contributed by atoms with Gasteiger partial charge in [-0.25, -0.2) is 0 Å². The van der Waals surface area contributed by atoms with E-state index < -0.39 is 5.60 Å². The van der Waals surface area contributed by atoms with E-state index in [4.69, 9.17) is 4.74 Å². The molecule has 1 aliphatic carbocycles. The van der Waals surface area contributed by atoms with E-state index in [0.717, 1.165) is 39.0 Å². The molecule has 0 bridgehead atoms. The molecule has 13 heavy (non-hydrogen) atoms. The summed E-state index contributed by atoms with van der Waals surface area (Å²) in [7, 11) is 0. The van der Waals surface area contributed by atoms with Crippen molar-refractivity contribution >= 4 is 0 Å². The maximum atomic E-state index is 9.84. The van der Waals surface area contributed by atoms with Crippen LogP contribution in [0.15, 0.2) is 0 Å². The van der Waals surface area contributed by atoms with E-state index in [1.807, 2.05) is 0 Å². The minimum atomic E-state index is -0.391. The second kappa shape index (κ2) is 3.95. The summed E-state index contributed by atoms with van der Waals surface area (Å²) in [6.07, 6.45) is 5.45. The van der Waals surface area contributed by atoms with Crippen LogP contribution >= 0.6 is 0 Å². The first-order chi connectivity index (χ1) is 6.29. The zero-order valence-electron chi connectivity index (χ0n) is 8.09. The Kier molecular flexibility index (Phi) is 2.86. The molecule has 2 aliphatic rings. The summed E-state index contributed by atoms with van der Waals surface area (Å²) in [6, 6.07) is 0.471. The maximum absolute atomic E-state index is 9.84. The second-order valence-corrected chi connectivity index (χ2v) is 4.37. The van der Waals surface area contributed by atoms with E-state index in [2.05, 4.69) is 5.32 Å². The summed E-state index contributed by atoms with van der Waals surface area (Å²) in [4.78, 5) is 0. The molecule has 0 aromatic carbocycles. The van der Waals surface area contributed by atoms with Crippen molar-refractivity contribution in [1.29, 1.82) is 0 Å². The summed E-state index contributed by atoms with van der Waals surface area (Å²) >= 11 is 0. The number of aliphatic hydroxyl groups is 1. The third-order valence-electron chi connectivity index (χ3n) is 3.16. The van der Waals surface area contributed by atoms with Gasteiger partial charge in [0.15, 0.2) is 0 Å². The Bertz CT molecular complexity index is 162. The van der Waals surface area contributed by atoms with Crippen LogP contribution < -0.4 is 5.32 Å². The van der Waals surface area contributed by atoms with E-state index in [0.29, 0.717) is 6.04 Å². The predicted molar refractivity (Wildman–Crippen MR) is 50.6 cm³/mol. The van der Waals surface area contributed by atoms with Crippen LogP contribution in [0.5, 0.6) is 0 Å². The molecule has 76 valence electrons. The second-order valence-electron chi connectivity index (χ2n) is 4.37. The van der Waals surface area contributed by atoms with E-state index >= 15 is 0 Å². The zero-order chi connectivity index (χ0) is 9.15. The molecule has 0 amide bonds. The van der Waals surface area contributed by atoms with Gasteiger partial charge in [-0.05, 0) is 32.1 Å². The molecule has 3 heteroatoms. The molecule has 2 rings (SSSR count). The summed E-state index contributed by atoms with van der Waals surface area (Å²) in [5.41, 5.74) is -0.391. The van der Waals surface area contributed by atoms with Gasteiger partial charge in [-0.3, -0.25) is 0 Å². The summed E-state index contributed by atoms with van der Waals surface area (Å²) in [5.74, 6) is 0. The largest absolute Gasteiger partial charge is 0.389 e. The Labute approximate surface area is 79.5 Å². The Hall–Kier alpha value is -0.120. The number of hydrogen-bond donors (Lipinski definition) is 2. The van der Waals surface area contributed by atoms with Crippen LogP contribution in [0, 0.1) is 0 Å². The van der Waals surface area contributed by atoms with Gasteiger partial charge in [0.1, 0.15) is 0 Å². The average molecular weight is 185 g/mol. The lowest BCUT2D eigenvalue weighted by atomic mass is 9.80. The molecule has 1 heterocycles. The van der Waals surface area contributed by atoms with Gasteiger partial charge in [-0.15, -0.1) is 0 Å². The highest BCUT2D eigenvalue weighted by Gasteiger charge is 2.34. The van der Waals surface area contributed by atoms with Crippen molar-refractivity contribution in [2.45, 2.75) is 43.7 Å². The molecule has 1 saturated carbocycles. The number of rotatable bonds is 3. The van der Waals surface area contributed by atoms with Crippen molar-refractivity contribution < 1.29 is 9.84 Å². The van der Waals surface area contributed by atoms with Crippen LogP contribution in [-0.2, 0) is 4.74 Å². The predicted octanol–water partition coefficient (Wildman–Crippen LogP) is 0.670. The lowest BCUT2D eigenvalue weighted by molar-refractivity contribution is -0.0379. The molecule has 0 radical (unpaired) electrons. The average Bonchev–Trinajstić information content (AvgIpc) is 2.13. The molecule has 0 aromatic rings. The van der Waals surface area contributed by atoms with E-state index in [9.17, 15) is 5.11 Å². The van der Waals surface area contributed by atoms with Crippen LogP contribution in [0.4, 0.5) is 0 Å². The van der Waals surface area contributed by atoms with Gasteiger partial charge in [0.2, 0.25) is 0 Å². The van der Waals surface area contributed by atoms with E-state index in [1.165, 1.54) is 12.8 Å². The number of nitrogens with one attached hydrogen (secondary N) is 1.